The summed E-state index contributed by atoms with van der Waals surface area (Å²) in [6.45, 7) is -2.60. The van der Waals surface area contributed by atoms with Crippen molar-refractivity contribution < 1.29 is 45.4 Å². The number of hydrogen-bond acceptors (Lipinski definition) is 6. The fourth-order valence-electron chi connectivity index (χ4n) is 1.81. The van der Waals surface area contributed by atoms with E-state index < -0.39 is 37.4 Å². The molecule has 0 aliphatic rings. The first-order chi connectivity index (χ1) is 12.9. The van der Waals surface area contributed by atoms with Crippen molar-refractivity contribution in [2.75, 3.05) is 14.2 Å². The Morgan fingerprint density at radius 2 is 1.14 bits per heavy atom. The molecule has 0 radical (unpaired) electrons. The van der Waals surface area contributed by atoms with Crippen LogP contribution < -0.4 is 0 Å². The molecule has 0 aliphatic carbocycles. The lowest BCUT2D eigenvalue weighted by Gasteiger charge is -2.08. The lowest BCUT2D eigenvalue weighted by Crippen LogP contribution is -2.22. The van der Waals surface area contributed by atoms with Gasteiger partial charge >= 0.3 is 24.3 Å². The summed E-state index contributed by atoms with van der Waals surface area (Å²) in [5.41, 5.74) is -0.436. The average molecular weight is 416 g/mol. The number of ether oxygens (including phenoxy) is 2. The van der Waals surface area contributed by atoms with E-state index in [1.54, 1.807) is 0 Å². The predicted molar refractivity (Wildman–Crippen MR) is 79.2 cm³/mol. The predicted octanol–water partition coefficient (Wildman–Crippen LogP) is 2.46. The average Bonchev–Trinajstić information content (AvgIpc) is 3.20. The zero-order chi connectivity index (χ0) is 21.5. The third-order valence-electron chi connectivity index (χ3n) is 2.88. The summed E-state index contributed by atoms with van der Waals surface area (Å²) in [4.78, 5) is 21.9. The Kier molecular flexibility index (Phi) is 7.58. The van der Waals surface area contributed by atoms with E-state index in [9.17, 15) is 35.9 Å². The molecule has 0 bridgehead atoms. The van der Waals surface area contributed by atoms with Crippen LogP contribution >= 0.6 is 0 Å². The number of alkyl halides is 6. The molecule has 2 aromatic rings. The molecule has 156 valence electrons. The van der Waals surface area contributed by atoms with Crippen LogP contribution in [0.2, 0.25) is 0 Å². The minimum absolute atomic E-state index is 0.218. The van der Waals surface area contributed by atoms with Crippen molar-refractivity contribution in [1.29, 1.82) is 0 Å². The smallest absolute Gasteiger partial charge is 0.408 e. The molecule has 28 heavy (non-hydrogen) atoms. The van der Waals surface area contributed by atoms with E-state index in [0.717, 1.165) is 38.7 Å². The number of rotatable bonds is 4. The third kappa shape index (κ3) is 7.28. The number of carbonyl (C=O) groups is 2. The molecule has 0 aliphatic heterocycles. The van der Waals surface area contributed by atoms with Gasteiger partial charge in [0.05, 0.1) is 14.2 Å². The molecule has 0 amide bonds. The van der Waals surface area contributed by atoms with Gasteiger partial charge in [-0.25, -0.2) is 19.0 Å². The molecule has 0 N–H and O–H groups in total. The number of halogens is 6. The van der Waals surface area contributed by atoms with Gasteiger partial charge in [0.2, 0.25) is 0 Å². The van der Waals surface area contributed by atoms with Crippen LogP contribution in [0, 0.1) is 0 Å². The Morgan fingerprint density at radius 3 is 1.39 bits per heavy atom. The number of esters is 2. The molecule has 8 nitrogen and oxygen atoms in total. The standard InChI is InChI=1S/2C7H7F3N2O2/c2*1-14-6(13)5-2-3-11-12(5)4-7(8,9)10/h2*2-3H,4H2,1H3. The van der Waals surface area contributed by atoms with Crippen molar-refractivity contribution in [3.63, 3.8) is 0 Å². The SMILES string of the molecule is COC(=O)c1ccnn1CC(F)(F)F.COC(=O)c1ccnn1CC(F)(F)F. The van der Waals surface area contributed by atoms with E-state index in [2.05, 4.69) is 19.7 Å². The van der Waals surface area contributed by atoms with Crippen LogP contribution in [0.5, 0.6) is 0 Å². The lowest BCUT2D eigenvalue weighted by molar-refractivity contribution is -0.143. The van der Waals surface area contributed by atoms with Crippen molar-refractivity contribution in [2.45, 2.75) is 25.4 Å². The molecular weight excluding hydrogens is 402 g/mol. The Bertz CT molecular complexity index is 730. The molecule has 2 heterocycles. The molecule has 2 aromatic heterocycles. The van der Waals surface area contributed by atoms with Crippen LogP contribution in [-0.2, 0) is 22.6 Å². The van der Waals surface area contributed by atoms with Gasteiger partial charge in [-0.1, -0.05) is 0 Å². The summed E-state index contributed by atoms with van der Waals surface area (Å²) >= 11 is 0. The topological polar surface area (TPSA) is 88.2 Å². The van der Waals surface area contributed by atoms with Crippen LogP contribution in [0.4, 0.5) is 26.3 Å². The Hall–Kier alpha value is -3.06. The molecule has 0 unspecified atom stereocenters. The van der Waals surface area contributed by atoms with Gasteiger partial charge in [0, 0.05) is 12.4 Å². The van der Waals surface area contributed by atoms with Gasteiger partial charge in [-0.15, -0.1) is 0 Å². The second kappa shape index (κ2) is 9.23. The first kappa shape index (κ1) is 23.0. The van der Waals surface area contributed by atoms with Gasteiger partial charge in [0.1, 0.15) is 24.5 Å². The quantitative estimate of drug-likeness (QED) is 0.562. The molecule has 0 fully saturated rings. The lowest BCUT2D eigenvalue weighted by atomic mass is 10.4. The molecule has 0 saturated carbocycles. The maximum Gasteiger partial charge on any atom is 0.408 e. The normalized spacial score (nSPS) is 11.4. The highest BCUT2D eigenvalue weighted by atomic mass is 19.4. The monoisotopic (exact) mass is 416 g/mol. The van der Waals surface area contributed by atoms with Crippen LogP contribution in [0.3, 0.4) is 0 Å². The minimum atomic E-state index is -4.41. The molecule has 0 atom stereocenters. The van der Waals surface area contributed by atoms with E-state index in [4.69, 9.17) is 0 Å². The van der Waals surface area contributed by atoms with Crippen molar-refractivity contribution in [3.05, 3.63) is 35.9 Å². The Balaban J connectivity index is 0.000000280. The van der Waals surface area contributed by atoms with E-state index in [1.165, 1.54) is 0 Å². The zero-order valence-electron chi connectivity index (χ0n) is 14.4. The number of aromatic nitrogens is 4. The van der Waals surface area contributed by atoms with Crippen molar-refractivity contribution >= 4 is 11.9 Å². The molecule has 0 saturated heterocycles. The number of nitrogens with zero attached hydrogens (tertiary/aromatic N) is 4. The van der Waals surface area contributed by atoms with Gasteiger partial charge in [-0.3, -0.25) is 0 Å². The highest BCUT2D eigenvalue weighted by Crippen LogP contribution is 2.19. The van der Waals surface area contributed by atoms with E-state index in [0.29, 0.717) is 9.36 Å². The van der Waals surface area contributed by atoms with Gasteiger partial charge in [0.15, 0.2) is 0 Å². The van der Waals surface area contributed by atoms with Crippen molar-refractivity contribution in [3.8, 4) is 0 Å². The Labute approximate surface area is 153 Å². The second-order valence-corrected chi connectivity index (χ2v) is 4.96. The summed E-state index contributed by atoms with van der Waals surface area (Å²) in [5, 5.41) is 6.73. The Morgan fingerprint density at radius 1 is 0.821 bits per heavy atom. The largest absolute Gasteiger partial charge is 0.464 e. The summed E-state index contributed by atoms with van der Waals surface area (Å²) in [5.74, 6) is -1.68. The second-order valence-electron chi connectivity index (χ2n) is 4.96. The van der Waals surface area contributed by atoms with Crippen molar-refractivity contribution in [2.24, 2.45) is 0 Å². The number of methoxy groups -OCH3 is 2. The third-order valence-corrected chi connectivity index (χ3v) is 2.88. The van der Waals surface area contributed by atoms with E-state index in [1.807, 2.05) is 0 Å². The summed E-state index contributed by atoms with van der Waals surface area (Å²) in [6, 6.07) is 2.33. The summed E-state index contributed by atoms with van der Waals surface area (Å²) < 4.78 is 81.4. The number of carbonyl (C=O) groups excluding carboxylic acids is 2. The van der Waals surface area contributed by atoms with Crippen LogP contribution in [0.25, 0.3) is 0 Å². The summed E-state index contributed by atoms with van der Waals surface area (Å²) in [6.07, 6.45) is -6.60. The fraction of sp³-hybridized carbons (Fsp3) is 0.429. The van der Waals surface area contributed by atoms with E-state index in [-0.39, 0.29) is 11.4 Å². The molecule has 0 spiro atoms. The molecule has 14 heteroatoms. The maximum atomic E-state index is 12.0. The van der Waals surface area contributed by atoms with Crippen LogP contribution in [0.1, 0.15) is 21.0 Å². The highest BCUT2D eigenvalue weighted by Gasteiger charge is 2.31. The highest BCUT2D eigenvalue weighted by molar-refractivity contribution is 5.87. The van der Waals surface area contributed by atoms with Crippen LogP contribution in [-0.4, -0.2) is 58.1 Å². The molecular formula is C14H14F6N4O4. The minimum Gasteiger partial charge on any atom is -0.464 e. The van der Waals surface area contributed by atoms with Crippen molar-refractivity contribution in [1.82, 2.24) is 19.6 Å². The summed E-state index contributed by atoms with van der Waals surface area (Å²) in [7, 11) is 2.18. The molecule has 0 aromatic carbocycles. The van der Waals surface area contributed by atoms with Gasteiger partial charge in [-0.05, 0) is 12.1 Å². The van der Waals surface area contributed by atoms with Crippen LogP contribution in [0.15, 0.2) is 24.5 Å². The van der Waals surface area contributed by atoms with E-state index >= 15 is 0 Å². The van der Waals surface area contributed by atoms with Gasteiger partial charge in [-0.2, -0.15) is 36.5 Å². The molecule has 2 rings (SSSR count). The number of hydrogen-bond donors (Lipinski definition) is 0. The first-order valence-corrected chi connectivity index (χ1v) is 7.21. The maximum absolute atomic E-state index is 12.0. The zero-order valence-corrected chi connectivity index (χ0v) is 14.4. The fourth-order valence-corrected chi connectivity index (χ4v) is 1.81. The van der Waals surface area contributed by atoms with Gasteiger partial charge in [0.25, 0.3) is 0 Å². The van der Waals surface area contributed by atoms with Gasteiger partial charge < -0.3 is 9.47 Å². The first-order valence-electron chi connectivity index (χ1n) is 7.21.